The van der Waals surface area contributed by atoms with Crippen LogP contribution in [0, 0.1) is 5.92 Å². The lowest BCUT2D eigenvalue weighted by molar-refractivity contribution is -0.151. The fourth-order valence-corrected chi connectivity index (χ4v) is 5.90. The second kappa shape index (κ2) is 7.69. The number of hydrogen-bond donors (Lipinski definition) is 2. The fourth-order valence-electron chi connectivity index (χ4n) is 5.90. The van der Waals surface area contributed by atoms with Crippen molar-refractivity contribution >= 4 is 23.7 Å². The number of aromatic nitrogens is 2. The third kappa shape index (κ3) is 3.14. The molecular weight excluding hydrogens is 448 g/mol. The Bertz CT molecular complexity index is 1330. The number of fused-ring (bicyclic) bond motifs is 4. The third-order valence-electron chi connectivity index (χ3n) is 7.58. The van der Waals surface area contributed by atoms with Crippen LogP contribution < -0.4 is 5.32 Å². The number of anilines is 1. The molecule has 1 aromatic heterocycles. The van der Waals surface area contributed by atoms with Crippen LogP contribution >= 0.6 is 0 Å². The number of carboxylic acid groups (broad SMARTS) is 1. The summed E-state index contributed by atoms with van der Waals surface area (Å²) in [5, 5.41) is 16.5. The summed E-state index contributed by atoms with van der Waals surface area (Å²) in [5.41, 5.74) is 3.64. The summed E-state index contributed by atoms with van der Waals surface area (Å²) >= 11 is 0. The zero-order valence-corrected chi connectivity index (χ0v) is 19.1. The van der Waals surface area contributed by atoms with Crippen LogP contribution in [-0.2, 0) is 16.6 Å². The number of aryl methyl sites for hydroxylation is 1. The number of carbonyl (C=O) groups is 3. The van der Waals surface area contributed by atoms with Crippen LogP contribution in [0.4, 0.5) is 10.5 Å². The predicted molar refractivity (Wildman–Crippen MR) is 126 cm³/mol. The van der Waals surface area contributed by atoms with Crippen molar-refractivity contribution in [2.24, 2.45) is 13.0 Å². The van der Waals surface area contributed by atoms with Crippen molar-refractivity contribution in [1.82, 2.24) is 14.7 Å². The highest BCUT2D eigenvalue weighted by atomic mass is 16.5. The summed E-state index contributed by atoms with van der Waals surface area (Å²) in [4.78, 5) is 39.4. The van der Waals surface area contributed by atoms with Crippen molar-refractivity contribution in [3.05, 3.63) is 71.5 Å². The number of carbonyl (C=O) groups excluding carboxylic acids is 2. The maximum atomic E-state index is 13.3. The predicted octanol–water partition coefficient (Wildman–Crippen LogP) is 3.47. The minimum atomic E-state index is -1.16. The van der Waals surface area contributed by atoms with Gasteiger partial charge in [-0.1, -0.05) is 48.5 Å². The number of benzene rings is 2. The number of aliphatic carboxylic acids is 1. The van der Waals surface area contributed by atoms with Gasteiger partial charge in [0.25, 0.3) is 5.91 Å². The van der Waals surface area contributed by atoms with E-state index < -0.39 is 23.5 Å². The smallest absolute Gasteiger partial charge is 0.411 e. The Labute approximate surface area is 201 Å². The van der Waals surface area contributed by atoms with Crippen molar-refractivity contribution in [3.63, 3.8) is 0 Å². The van der Waals surface area contributed by atoms with Crippen molar-refractivity contribution in [2.45, 2.75) is 24.3 Å². The van der Waals surface area contributed by atoms with Gasteiger partial charge in [-0.25, -0.2) is 9.59 Å². The summed E-state index contributed by atoms with van der Waals surface area (Å²) in [5.74, 6) is -1.34. The summed E-state index contributed by atoms with van der Waals surface area (Å²) in [6.07, 6.45) is 1.60. The van der Waals surface area contributed by atoms with Crippen LogP contribution in [0.1, 0.15) is 40.4 Å². The molecule has 2 amide bonds. The van der Waals surface area contributed by atoms with Crippen LogP contribution in [-0.4, -0.2) is 56.4 Å². The summed E-state index contributed by atoms with van der Waals surface area (Å²) in [6.45, 7) is 0.528. The monoisotopic (exact) mass is 472 g/mol. The first kappa shape index (κ1) is 21.4. The molecule has 2 aromatic carbocycles. The molecule has 0 unspecified atom stereocenters. The van der Waals surface area contributed by atoms with Crippen molar-refractivity contribution in [3.8, 4) is 11.1 Å². The molecule has 0 atom stereocenters. The Morgan fingerprint density at radius 1 is 1.09 bits per heavy atom. The van der Waals surface area contributed by atoms with Crippen LogP contribution in [0.3, 0.4) is 0 Å². The van der Waals surface area contributed by atoms with E-state index in [0.29, 0.717) is 19.4 Å². The largest absolute Gasteiger partial charge is 0.479 e. The molecule has 35 heavy (non-hydrogen) atoms. The summed E-state index contributed by atoms with van der Waals surface area (Å²) in [7, 11) is 1.59. The molecule has 178 valence electrons. The molecule has 1 saturated carbocycles. The van der Waals surface area contributed by atoms with Crippen molar-refractivity contribution in [2.75, 3.05) is 18.5 Å². The highest BCUT2D eigenvalue weighted by Crippen LogP contribution is 2.51. The number of nitrogens with zero attached hydrogens (tertiary/aromatic N) is 3. The molecular formula is C26H24N4O5. The van der Waals surface area contributed by atoms with Crippen molar-refractivity contribution < 1.29 is 24.2 Å². The van der Waals surface area contributed by atoms with E-state index >= 15 is 0 Å². The average molecular weight is 473 g/mol. The molecule has 4 aliphatic rings. The van der Waals surface area contributed by atoms with E-state index in [4.69, 9.17) is 4.74 Å². The molecule has 3 fully saturated rings. The van der Waals surface area contributed by atoms with Gasteiger partial charge in [0.05, 0.1) is 11.9 Å². The molecule has 0 radical (unpaired) electrons. The lowest BCUT2D eigenvalue weighted by atomic mass is 9.73. The molecule has 2 aliphatic carbocycles. The molecule has 2 N–H and O–H groups in total. The lowest BCUT2D eigenvalue weighted by Gasteiger charge is -2.37. The van der Waals surface area contributed by atoms with E-state index in [9.17, 15) is 19.5 Å². The third-order valence-corrected chi connectivity index (χ3v) is 7.58. The normalized spacial score (nSPS) is 21.7. The number of rotatable bonds is 5. The number of amides is 2. The van der Waals surface area contributed by atoms with Gasteiger partial charge in [0.2, 0.25) is 0 Å². The topological polar surface area (TPSA) is 114 Å². The standard InChI is InChI=1S/C26H24N4O5/c1-29-22(23(31)30-13-15-10-26(30,11-15)24(32)33)21(12-27-29)28-25(34)35-14-20-18-8-4-2-6-16(18)17-7-3-5-9-19(17)20/h2-9,12,15,20H,10-11,13-14H2,1H3,(H,28,34)(H,32,33). The Hall–Kier alpha value is -4.14. The Balaban J connectivity index is 1.18. The minimum absolute atomic E-state index is 0.0880. The van der Waals surface area contributed by atoms with Crippen LogP contribution in [0.5, 0.6) is 0 Å². The maximum absolute atomic E-state index is 13.3. The Morgan fingerprint density at radius 2 is 1.71 bits per heavy atom. The first-order valence-electron chi connectivity index (χ1n) is 11.6. The molecule has 2 bridgehead atoms. The van der Waals surface area contributed by atoms with Crippen molar-refractivity contribution in [1.29, 1.82) is 0 Å². The molecule has 3 heterocycles. The molecule has 3 aromatic rings. The molecule has 9 nitrogen and oxygen atoms in total. The molecule has 7 rings (SSSR count). The van der Waals surface area contributed by atoms with Gasteiger partial charge >= 0.3 is 12.1 Å². The Kier molecular flexibility index (Phi) is 4.70. The van der Waals surface area contributed by atoms with Crippen LogP contribution in [0.2, 0.25) is 0 Å². The van der Waals surface area contributed by atoms with Gasteiger partial charge in [-0.2, -0.15) is 5.10 Å². The zero-order chi connectivity index (χ0) is 24.3. The number of carboxylic acids is 1. The highest BCUT2D eigenvalue weighted by Gasteiger charge is 2.63. The quantitative estimate of drug-likeness (QED) is 0.588. The zero-order valence-electron chi connectivity index (χ0n) is 19.1. The van der Waals surface area contributed by atoms with Crippen LogP contribution in [0.25, 0.3) is 11.1 Å². The van der Waals surface area contributed by atoms with Gasteiger partial charge in [-0.15, -0.1) is 0 Å². The van der Waals surface area contributed by atoms with Gasteiger partial charge in [0.15, 0.2) is 0 Å². The minimum Gasteiger partial charge on any atom is -0.479 e. The van der Waals surface area contributed by atoms with E-state index in [1.54, 1.807) is 7.05 Å². The van der Waals surface area contributed by atoms with Crippen LogP contribution in [0.15, 0.2) is 54.7 Å². The summed E-state index contributed by atoms with van der Waals surface area (Å²) < 4.78 is 6.95. The SMILES string of the molecule is Cn1ncc(NC(=O)OCC2c3ccccc3-c3ccccc32)c1C(=O)N1CC2CC1(C(=O)O)C2. The second-order valence-corrected chi connectivity index (χ2v) is 9.51. The molecule has 0 spiro atoms. The highest BCUT2D eigenvalue weighted by molar-refractivity contribution is 6.04. The van der Waals surface area contributed by atoms with Gasteiger partial charge in [-0.3, -0.25) is 14.8 Å². The van der Waals surface area contributed by atoms with E-state index in [2.05, 4.69) is 22.5 Å². The van der Waals surface area contributed by atoms with E-state index in [1.165, 1.54) is 15.8 Å². The number of nitrogens with one attached hydrogen (secondary N) is 1. The maximum Gasteiger partial charge on any atom is 0.411 e. The van der Waals surface area contributed by atoms with Gasteiger partial charge in [0, 0.05) is 19.5 Å². The van der Waals surface area contributed by atoms with E-state index in [-0.39, 0.29) is 29.8 Å². The lowest BCUT2D eigenvalue weighted by Crippen LogP contribution is -2.54. The van der Waals surface area contributed by atoms with Gasteiger partial charge in [-0.05, 0) is 41.0 Å². The molecule has 2 aliphatic heterocycles. The van der Waals surface area contributed by atoms with Gasteiger partial charge in [0.1, 0.15) is 17.8 Å². The first-order chi connectivity index (χ1) is 16.9. The number of ether oxygens (including phenoxy) is 1. The van der Waals surface area contributed by atoms with Gasteiger partial charge < -0.3 is 14.7 Å². The summed E-state index contributed by atoms with van der Waals surface area (Å²) in [6, 6.07) is 16.1. The Morgan fingerprint density at radius 3 is 2.34 bits per heavy atom. The average Bonchev–Trinajstić information content (AvgIpc) is 3.57. The molecule has 2 saturated heterocycles. The molecule has 9 heteroatoms. The number of hydrogen-bond acceptors (Lipinski definition) is 5. The fraction of sp³-hybridized carbons (Fsp3) is 0.308. The first-order valence-corrected chi connectivity index (χ1v) is 11.6. The van der Waals surface area contributed by atoms with E-state index in [0.717, 1.165) is 22.3 Å². The second-order valence-electron chi connectivity index (χ2n) is 9.51. The van der Waals surface area contributed by atoms with E-state index in [1.807, 2.05) is 36.4 Å².